The molecule has 3 rings (SSSR count). The van der Waals surface area contributed by atoms with Gasteiger partial charge in [-0.15, -0.1) is 0 Å². The number of anilines is 1. The number of carbonyl (C=O) groups is 1. The molecular formula is C17H19N3O2. The number of rotatable bonds is 3. The zero-order valence-electron chi connectivity index (χ0n) is 12.9. The predicted molar refractivity (Wildman–Crippen MR) is 83.9 cm³/mol. The quantitative estimate of drug-likeness (QED) is 0.815. The summed E-state index contributed by atoms with van der Waals surface area (Å²) in [6, 6.07) is 5.97. The van der Waals surface area contributed by atoms with E-state index in [2.05, 4.69) is 20.9 Å². The third-order valence-electron chi connectivity index (χ3n) is 3.84. The Balaban J connectivity index is 1.79. The van der Waals surface area contributed by atoms with Gasteiger partial charge in [-0.1, -0.05) is 0 Å². The minimum absolute atomic E-state index is 0.351. The van der Waals surface area contributed by atoms with Crippen molar-refractivity contribution < 1.29 is 9.53 Å². The monoisotopic (exact) mass is 297 g/mol. The van der Waals surface area contributed by atoms with Crippen LogP contribution in [0.25, 0.3) is 0 Å². The summed E-state index contributed by atoms with van der Waals surface area (Å²) in [4.78, 5) is 22.6. The second-order valence-electron chi connectivity index (χ2n) is 5.39. The molecule has 0 aromatic carbocycles. The first-order valence-electron chi connectivity index (χ1n) is 7.50. The molecule has 0 aliphatic carbocycles. The van der Waals surface area contributed by atoms with Crippen LogP contribution in [0.2, 0.25) is 0 Å². The topological polar surface area (TPSA) is 55.3 Å². The lowest BCUT2D eigenvalue weighted by Gasteiger charge is -2.30. The summed E-state index contributed by atoms with van der Waals surface area (Å²) in [5.74, 6) is -0.351. The van der Waals surface area contributed by atoms with Crippen molar-refractivity contribution in [2.45, 2.75) is 26.8 Å². The average Bonchev–Trinajstić information content (AvgIpc) is 2.55. The molecule has 1 aliphatic rings. The molecule has 1 aliphatic heterocycles. The number of pyridine rings is 2. The first kappa shape index (κ1) is 14.5. The van der Waals surface area contributed by atoms with E-state index in [1.165, 1.54) is 5.56 Å². The van der Waals surface area contributed by atoms with Crippen LogP contribution in [0.5, 0.6) is 0 Å². The van der Waals surface area contributed by atoms with E-state index in [0.29, 0.717) is 12.3 Å². The Hall–Kier alpha value is -2.43. The van der Waals surface area contributed by atoms with E-state index in [4.69, 9.17) is 4.74 Å². The fourth-order valence-electron chi connectivity index (χ4n) is 2.62. The van der Waals surface area contributed by atoms with Gasteiger partial charge >= 0.3 is 5.97 Å². The van der Waals surface area contributed by atoms with Crippen molar-refractivity contribution in [2.75, 3.05) is 18.1 Å². The highest BCUT2D eigenvalue weighted by atomic mass is 16.5. The zero-order valence-corrected chi connectivity index (χ0v) is 12.9. The molecule has 0 N–H and O–H groups in total. The summed E-state index contributed by atoms with van der Waals surface area (Å²) >= 11 is 0. The molecule has 0 saturated heterocycles. The van der Waals surface area contributed by atoms with E-state index in [1.54, 1.807) is 13.1 Å². The predicted octanol–water partition coefficient (Wildman–Crippen LogP) is 2.52. The van der Waals surface area contributed by atoms with Crippen LogP contribution in [0.1, 0.15) is 34.2 Å². The molecule has 0 spiro atoms. The molecule has 2 aromatic rings. The summed E-state index contributed by atoms with van der Waals surface area (Å²) in [7, 11) is 0. The minimum atomic E-state index is -0.351. The van der Waals surface area contributed by atoms with Crippen molar-refractivity contribution in [3.8, 4) is 0 Å². The third-order valence-corrected chi connectivity index (χ3v) is 3.84. The SMILES string of the molecule is CCOC(=O)c1cc2c(cn1)CN(c1ccc(C)nc1)CC2. The van der Waals surface area contributed by atoms with Crippen LogP contribution < -0.4 is 4.90 Å². The molecule has 5 nitrogen and oxygen atoms in total. The fourth-order valence-corrected chi connectivity index (χ4v) is 2.62. The summed E-state index contributed by atoms with van der Waals surface area (Å²) in [6.07, 6.45) is 4.58. The van der Waals surface area contributed by atoms with Gasteiger partial charge in [-0.3, -0.25) is 4.98 Å². The highest BCUT2D eigenvalue weighted by molar-refractivity contribution is 5.87. The second-order valence-corrected chi connectivity index (χ2v) is 5.39. The Morgan fingerprint density at radius 1 is 1.27 bits per heavy atom. The molecule has 0 atom stereocenters. The van der Waals surface area contributed by atoms with Gasteiger partial charge in [0.05, 0.1) is 18.5 Å². The van der Waals surface area contributed by atoms with Gasteiger partial charge in [-0.25, -0.2) is 9.78 Å². The molecule has 0 saturated carbocycles. The molecule has 2 aromatic heterocycles. The maximum Gasteiger partial charge on any atom is 0.356 e. The molecule has 22 heavy (non-hydrogen) atoms. The summed E-state index contributed by atoms with van der Waals surface area (Å²) in [6.45, 7) is 5.84. The van der Waals surface area contributed by atoms with Crippen molar-refractivity contribution >= 4 is 11.7 Å². The highest BCUT2D eigenvalue weighted by Gasteiger charge is 2.19. The Morgan fingerprint density at radius 3 is 2.86 bits per heavy atom. The summed E-state index contributed by atoms with van der Waals surface area (Å²) in [5, 5.41) is 0. The van der Waals surface area contributed by atoms with Crippen LogP contribution in [-0.4, -0.2) is 29.1 Å². The van der Waals surface area contributed by atoms with Crippen LogP contribution >= 0.6 is 0 Å². The van der Waals surface area contributed by atoms with E-state index in [9.17, 15) is 4.79 Å². The van der Waals surface area contributed by atoms with Crippen molar-refractivity contribution in [2.24, 2.45) is 0 Å². The molecule has 0 fully saturated rings. The summed E-state index contributed by atoms with van der Waals surface area (Å²) in [5.41, 5.74) is 4.85. The number of hydrogen-bond donors (Lipinski definition) is 0. The Bertz CT molecular complexity index is 683. The van der Waals surface area contributed by atoms with Gasteiger partial charge in [0.25, 0.3) is 0 Å². The normalized spacial score (nSPS) is 13.6. The molecule has 0 amide bonds. The molecule has 0 radical (unpaired) electrons. The van der Waals surface area contributed by atoms with Gasteiger partial charge in [0, 0.05) is 25.0 Å². The van der Waals surface area contributed by atoms with Gasteiger partial charge in [0.2, 0.25) is 0 Å². The van der Waals surface area contributed by atoms with Gasteiger partial charge < -0.3 is 9.64 Å². The number of ether oxygens (including phenoxy) is 1. The van der Waals surface area contributed by atoms with Crippen molar-refractivity contribution in [1.82, 2.24) is 9.97 Å². The Morgan fingerprint density at radius 2 is 2.14 bits per heavy atom. The van der Waals surface area contributed by atoms with Crippen LogP contribution in [0.3, 0.4) is 0 Å². The molecule has 0 bridgehead atoms. The molecule has 3 heterocycles. The number of esters is 1. The van der Waals surface area contributed by atoms with E-state index >= 15 is 0 Å². The lowest BCUT2D eigenvalue weighted by molar-refractivity contribution is 0.0519. The summed E-state index contributed by atoms with van der Waals surface area (Å²) < 4.78 is 5.00. The number of hydrogen-bond acceptors (Lipinski definition) is 5. The third kappa shape index (κ3) is 2.93. The number of aromatic nitrogens is 2. The van der Waals surface area contributed by atoms with Crippen LogP contribution in [0.15, 0.2) is 30.6 Å². The molecule has 114 valence electrons. The number of nitrogens with zero attached hydrogens (tertiary/aromatic N) is 3. The maximum absolute atomic E-state index is 11.7. The van der Waals surface area contributed by atoms with Crippen molar-refractivity contribution in [3.05, 3.63) is 53.1 Å². The molecule has 5 heteroatoms. The smallest absolute Gasteiger partial charge is 0.356 e. The maximum atomic E-state index is 11.7. The van der Waals surface area contributed by atoms with Gasteiger partial charge in [0.15, 0.2) is 0 Å². The van der Waals surface area contributed by atoms with Gasteiger partial charge in [-0.05, 0) is 49.6 Å². The van der Waals surface area contributed by atoms with Crippen molar-refractivity contribution in [3.63, 3.8) is 0 Å². The first-order chi connectivity index (χ1) is 10.7. The Kier molecular flexibility index (Phi) is 4.04. The lowest BCUT2D eigenvalue weighted by atomic mass is 10.0. The van der Waals surface area contributed by atoms with E-state index in [-0.39, 0.29) is 5.97 Å². The zero-order chi connectivity index (χ0) is 15.5. The second kappa shape index (κ2) is 6.13. The number of fused-ring (bicyclic) bond motifs is 1. The lowest BCUT2D eigenvalue weighted by Crippen LogP contribution is -2.30. The number of aryl methyl sites for hydroxylation is 1. The van der Waals surface area contributed by atoms with Gasteiger partial charge in [-0.2, -0.15) is 0 Å². The number of carbonyl (C=O) groups excluding carboxylic acids is 1. The standard InChI is InChI=1S/C17H19N3O2/c1-3-22-17(21)16-8-13-6-7-20(11-14(13)9-19-16)15-5-4-12(2)18-10-15/h4-5,8-10H,3,6-7,11H2,1-2H3. The fraction of sp³-hybridized carbons (Fsp3) is 0.353. The van der Waals surface area contributed by atoms with E-state index in [0.717, 1.165) is 36.5 Å². The molecule has 0 unspecified atom stereocenters. The van der Waals surface area contributed by atoms with Crippen LogP contribution in [0, 0.1) is 6.92 Å². The van der Waals surface area contributed by atoms with Gasteiger partial charge in [0.1, 0.15) is 5.69 Å². The van der Waals surface area contributed by atoms with Crippen LogP contribution in [0.4, 0.5) is 5.69 Å². The minimum Gasteiger partial charge on any atom is -0.461 e. The molecular weight excluding hydrogens is 278 g/mol. The van der Waals surface area contributed by atoms with E-state index < -0.39 is 0 Å². The van der Waals surface area contributed by atoms with Crippen LogP contribution in [-0.2, 0) is 17.7 Å². The van der Waals surface area contributed by atoms with Crippen molar-refractivity contribution in [1.29, 1.82) is 0 Å². The highest BCUT2D eigenvalue weighted by Crippen LogP contribution is 2.24. The first-order valence-corrected chi connectivity index (χ1v) is 7.50. The largest absolute Gasteiger partial charge is 0.461 e. The average molecular weight is 297 g/mol. The Labute approximate surface area is 130 Å². The van der Waals surface area contributed by atoms with E-state index in [1.807, 2.05) is 25.3 Å².